The van der Waals surface area contributed by atoms with Gasteiger partial charge in [-0.15, -0.1) is 0 Å². The number of aromatic nitrogens is 2. The Morgan fingerprint density at radius 2 is 1.95 bits per heavy atom. The van der Waals surface area contributed by atoms with E-state index in [9.17, 15) is 9.59 Å². The van der Waals surface area contributed by atoms with Crippen LogP contribution in [0.4, 0.5) is 0 Å². The molecule has 1 rings (SSSR count). The molecular formula is C13H21N3O3. The first-order valence-corrected chi connectivity index (χ1v) is 6.38. The summed E-state index contributed by atoms with van der Waals surface area (Å²) in [4.78, 5) is 23.2. The van der Waals surface area contributed by atoms with Gasteiger partial charge in [0.15, 0.2) is 0 Å². The summed E-state index contributed by atoms with van der Waals surface area (Å²) in [5.74, 6) is -1.17. The molecule has 0 fully saturated rings. The second-order valence-corrected chi connectivity index (χ2v) is 4.79. The van der Waals surface area contributed by atoms with Crippen LogP contribution in [0.15, 0.2) is 0 Å². The number of carbonyl (C=O) groups excluding carboxylic acids is 1. The molecule has 0 bridgehead atoms. The summed E-state index contributed by atoms with van der Waals surface area (Å²) in [5.41, 5.74) is 1.09. The first-order valence-electron chi connectivity index (χ1n) is 6.38. The van der Waals surface area contributed by atoms with Gasteiger partial charge in [-0.1, -0.05) is 6.92 Å². The minimum Gasteiger partial charge on any atom is -0.478 e. The van der Waals surface area contributed by atoms with Crippen molar-refractivity contribution in [3.8, 4) is 0 Å². The fraction of sp³-hybridized carbons (Fsp3) is 0.615. The van der Waals surface area contributed by atoms with Gasteiger partial charge in [0.1, 0.15) is 11.6 Å². The monoisotopic (exact) mass is 267 g/mol. The third kappa shape index (κ3) is 3.13. The lowest BCUT2D eigenvalue weighted by Crippen LogP contribution is -2.37. The van der Waals surface area contributed by atoms with Crippen LogP contribution in [-0.2, 0) is 4.79 Å². The number of hydrogen-bond donors (Lipinski definition) is 2. The zero-order valence-corrected chi connectivity index (χ0v) is 12.0. The second kappa shape index (κ2) is 5.86. The van der Waals surface area contributed by atoms with Crippen LogP contribution in [0.2, 0.25) is 0 Å². The highest BCUT2D eigenvalue weighted by Crippen LogP contribution is 2.17. The van der Waals surface area contributed by atoms with Crippen molar-refractivity contribution in [2.75, 3.05) is 0 Å². The van der Waals surface area contributed by atoms with E-state index in [-0.39, 0.29) is 17.5 Å². The van der Waals surface area contributed by atoms with Gasteiger partial charge in [-0.2, -0.15) is 5.10 Å². The molecule has 0 saturated carbocycles. The summed E-state index contributed by atoms with van der Waals surface area (Å²) in [6, 6.07) is -0.438. The zero-order valence-electron chi connectivity index (χ0n) is 12.0. The Kier molecular flexibility index (Phi) is 4.69. The van der Waals surface area contributed by atoms with Crippen LogP contribution < -0.4 is 5.32 Å². The average Bonchev–Trinajstić information content (AvgIpc) is 2.63. The maximum Gasteiger partial charge on any atom is 0.339 e. The molecule has 0 radical (unpaired) electrons. The number of carboxylic acids is 1. The SMILES string of the molecule is CCC(C)NC(=O)C(C)n1nc(C)c(C(=O)O)c1C. The highest BCUT2D eigenvalue weighted by molar-refractivity contribution is 5.90. The number of rotatable bonds is 5. The first kappa shape index (κ1) is 15.2. The number of hydrogen-bond acceptors (Lipinski definition) is 3. The highest BCUT2D eigenvalue weighted by Gasteiger charge is 2.24. The standard InChI is InChI=1S/C13H21N3O3/c1-6-7(2)14-12(17)10(5)16-9(4)11(13(18)19)8(3)15-16/h7,10H,6H2,1-5H3,(H,14,17)(H,18,19). The fourth-order valence-electron chi connectivity index (χ4n) is 1.93. The van der Waals surface area contributed by atoms with E-state index in [4.69, 9.17) is 5.11 Å². The van der Waals surface area contributed by atoms with Crippen molar-refractivity contribution in [3.05, 3.63) is 17.0 Å². The minimum absolute atomic E-state index is 0.0888. The number of nitrogens with one attached hydrogen (secondary N) is 1. The Balaban J connectivity index is 3.01. The molecule has 106 valence electrons. The highest BCUT2D eigenvalue weighted by atomic mass is 16.4. The molecular weight excluding hydrogens is 246 g/mol. The Hall–Kier alpha value is -1.85. The van der Waals surface area contributed by atoms with E-state index in [0.29, 0.717) is 11.4 Å². The summed E-state index contributed by atoms with van der Waals surface area (Å²) < 4.78 is 1.47. The predicted molar refractivity (Wildman–Crippen MR) is 71.3 cm³/mol. The van der Waals surface area contributed by atoms with E-state index >= 15 is 0 Å². The minimum atomic E-state index is -1.02. The molecule has 0 saturated heterocycles. The maximum atomic E-state index is 12.0. The van der Waals surface area contributed by atoms with Crippen molar-refractivity contribution in [2.24, 2.45) is 0 Å². The van der Waals surface area contributed by atoms with Crippen LogP contribution in [0.3, 0.4) is 0 Å². The topological polar surface area (TPSA) is 84.2 Å². The van der Waals surface area contributed by atoms with Gasteiger partial charge >= 0.3 is 5.97 Å². The van der Waals surface area contributed by atoms with Gasteiger partial charge in [0.25, 0.3) is 0 Å². The summed E-state index contributed by atoms with van der Waals surface area (Å²) in [6.45, 7) is 8.92. The molecule has 0 aromatic carbocycles. The molecule has 2 atom stereocenters. The van der Waals surface area contributed by atoms with Crippen LogP contribution in [0.5, 0.6) is 0 Å². The molecule has 6 nitrogen and oxygen atoms in total. The first-order chi connectivity index (χ1) is 8.79. The van der Waals surface area contributed by atoms with E-state index < -0.39 is 12.0 Å². The molecule has 19 heavy (non-hydrogen) atoms. The third-order valence-electron chi connectivity index (χ3n) is 3.29. The molecule has 0 aliphatic rings. The maximum absolute atomic E-state index is 12.0. The van der Waals surface area contributed by atoms with Crippen molar-refractivity contribution in [2.45, 2.75) is 53.1 Å². The number of aryl methyl sites for hydroxylation is 1. The lowest BCUT2D eigenvalue weighted by molar-refractivity contribution is -0.124. The summed E-state index contributed by atoms with van der Waals surface area (Å²) in [7, 11) is 0. The lowest BCUT2D eigenvalue weighted by Gasteiger charge is -2.17. The molecule has 1 heterocycles. The van der Waals surface area contributed by atoms with Crippen LogP contribution in [0.1, 0.15) is 55.0 Å². The Morgan fingerprint density at radius 1 is 1.37 bits per heavy atom. The van der Waals surface area contributed by atoms with E-state index in [2.05, 4.69) is 10.4 Å². The second-order valence-electron chi connectivity index (χ2n) is 4.79. The van der Waals surface area contributed by atoms with E-state index in [1.54, 1.807) is 20.8 Å². The molecule has 0 spiro atoms. The number of nitrogens with zero attached hydrogens (tertiary/aromatic N) is 2. The summed E-state index contributed by atoms with van der Waals surface area (Å²) in [6.07, 6.45) is 0.843. The Morgan fingerprint density at radius 3 is 2.37 bits per heavy atom. The molecule has 1 aromatic heterocycles. The molecule has 1 amide bonds. The number of carboxylic acid groups (broad SMARTS) is 1. The molecule has 6 heteroatoms. The number of amides is 1. The van der Waals surface area contributed by atoms with Gasteiger partial charge in [-0.05, 0) is 34.1 Å². The van der Waals surface area contributed by atoms with Crippen molar-refractivity contribution in [3.63, 3.8) is 0 Å². The number of aromatic carboxylic acids is 1. The molecule has 1 aromatic rings. The Bertz CT molecular complexity index is 494. The van der Waals surface area contributed by atoms with Gasteiger partial charge in [-0.25, -0.2) is 4.79 Å². The van der Waals surface area contributed by atoms with Crippen LogP contribution >= 0.6 is 0 Å². The van der Waals surface area contributed by atoms with E-state index in [1.807, 2.05) is 13.8 Å². The average molecular weight is 267 g/mol. The molecule has 2 N–H and O–H groups in total. The van der Waals surface area contributed by atoms with Crippen molar-refractivity contribution in [1.29, 1.82) is 0 Å². The van der Waals surface area contributed by atoms with E-state index in [0.717, 1.165) is 6.42 Å². The van der Waals surface area contributed by atoms with Crippen LogP contribution in [0, 0.1) is 13.8 Å². The van der Waals surface area contributed by atoms with Gasteiger partial charge in [0.2, 0.25) is 5.91 Å². The van der Waals surface area contributed by atoms with Crippen molar-refractivity contribution in [1.82, 2.24) is 15.1 Å². The third-order valence-corrected chi connectivity index (χ3v) is 3.29. The van der Waals surface area contributed by atoms with Gasteiger partial charge in [-0.3, -0.25) is 9.48 Å². The van der Waals surface area contributed by atoms with E-state index in [1.165, 1.54) is 4.68 Å². The van der Waals surface area contributed by atoms with Crippen LogP contribution in [0.25, 0.3) is 0 Å². The normalized spacial score (nSPS) is 13.9. The van der Waals surface area contributed by atoms with Gasteiger partial charge in [0.05, 0.1) is 11.4 Å². The molecule has 2 unspecified atom stereocenters. The lowest BCUT2D eigenvalue weighted by atomic mass is 10.2. The molecule has 0 aliphatic carbocycles. The van der Waals surface area contributed by atoms with Crippen molar-refractivity contribution < 1.29 is 14.7 Å². The van der Waals surface area contributed by atoms with Crippen LogP contribution in [-0.4, -0.2) is 32.8 Å². The quantitative estimate of drug-likeness (QED) is 0.850. The van der Waals surface area contributed by atoms with Crippen molar-refractivity contribution >= 4 is 11.9 Å². The summed E-state index contributed by atoms with van der Waals surface area (Å²) in [5, 5.41) is 16.1. The zero-order chi connectivity index (χ0) is 14.7. The fourth-order valence-corrected chi connectivity index (χ4v) is 1.93. The largest absolute Gasteiger partial charge is 0.478 e. The summed E-state index contributed by atoms with van der Waals surface area (Å²) >= 11 is 0. The van der Waals surface area contributed by atoms with Gasteiger partial charge < -0.3 is 10.4 Å². The van der Waals surface area contributed by atoms with Gasteiger partial charge in [0, 0.05) is 6.04 Å². The molecule has 0 aliphatic heterocycles. The smallest absolute Gasteiger partial charge is 0.339 e. The number of carbonyl (C=O) groups is 2. The Labute approximate surface area is 112 Å². The predicted octanol–water partition coefficient (Wildman–Crippen LogP) is 1.67.